The number of benzene rings is 2. The highest BCUT2D eigenvalue weighted by Gasteiger charge is 2.60. The molecule has 2 aromatic rings. The number of nitrogens with two attached hydrogens (primary N) is 1. The lowest BCUT2D eigenvalue weighted by Crippen LogP contribution is -2.58. The van der Waals surface area contributed by atoms with E-state index in [1.54, 1.807) is 55.4 Å². The van der Waals surface area contributed by atoms with Crippen molar-refractivity contribution in [2.24, 2.45) is 17.6 Å². The summed E-state index contributed by atoms with van der Waals surface area (Å²) >= 11 is 0. The molecular weight excluding hydrogens is 534 g/mol. The number of fused-ring (bicyclic) bond motifs is 3. The molecule has 1 fully saturated rings. The third kappa shape index (κ3) is 4.36. The Morgan fingerprint density at radius 1 is 1.12 bits per heavy atom. The molecule has 3 atom stereocenters. The van der Waals surface area contributed by atoms with Crippen molar-refractivity contribution in [1.82, 2.24) is 5.32 Å². The molecule has 0 unspecified atom stereocenters. The minimum atomic E-state index is -2.64. The highest BCUT2D eigenvalue weighted by Crippen LogP contribution is 2.53. The topological polar surface area (TPSA) is 200 Å². The van der Waals surface area contributed by atoms with E-state index in [9.17, 15) is 39.6 Å². The Morgan fingerprint density at radius 3 is 2.44 bits per heavy atom. The molecule has 2 aromatic carbocycles. The molecule has 41 heavy (non-hydrogen) atoms. The number of aliphatic hydroxyl groups excluding tert-OH is 2. The van der Waals surface area contributed by atoms with Crippen molar-refractivity contribution in [2.75, 3.05) is 19.0 Å². The van der Waals surface area contributed by atoms with Crippen molar-refractivity contribution in [3.63, 3.8) is 0 Å². The molecule has 0 bridgehead atoms. The van der Waals surface area contributed by atoms with Crippen LogP contribution in [0.2, 0.25) is 0 Å². The Labute approximate surface area is 234 Å². The molecule has 3 aliphatic rings. The van der Waals surface area contributed by atoms with E-state index in [1.165, 1.54) is 0 Å². The average Bonchev–Trinajstić information content (AvgIpc) is 2.90. The van der Waals surface area contributed by atoms with Crippen molar-refractivity contribution < 1.29 is 44.3 Å². The van der Waals surface area contributed by atoms with Crippen LogP contribution in [0.15, 0.2) is 53.3 Å². The number of aromatic hydroxyl groups is 1. The molecule has 3 aliphatic carbocycles. The van der Waals surface area contributed by atoms with Gasteiger partial charge >= 0.3 is 6.09 Å². The first kappa shape index (κ1) is 27.7. The number of rotatable bonds is 5. The first-order valence-corrected chi connectivity index (χ1v) is 12.9. The zero-order valence-electron chi connectivity index (χ0n) is 22.3. The number of hydrogen-bond donors (Lipinski definition) is 6. The number of carbonyl (C=O) groups excluding carboxylic acids is 4. The first-order chi connectivity index (χ1) is 19.4. The Balaban J connectivity index is 1.56. The summed E-state index contributed by atoms with van der Waals surface area (Å²) in [6.45, 7) is -0.189. The average molecular weight is 564 g/mol. The minimum Gasteiger partial charge on any atom is -0.508 e. The monoisotopic (exact) mass is 563 g/mol. The quantitative estimate of drug-likeness (QED) is 0.291. The molecule has 7 N–H and O–H groups in total. The molecule has 5 rings (SSSR count). The lowest BCUT2D eigenvalue weighted by molar-refractivity contribution is -0.147. The molecule has 0 spiro atoms. The molecule has 214 valence electrons. The van der Waals surface area contributed by atoms with E-state index in [1.807, 2.05) is 0 Å². The van der Waals surface area contributed by atoms with Gasteiger partial charge in [-0.15, -0.1) is 0 Å². The SMILES string of the molecule is CN(C)c1cc(CNC(=O)Oc2ccccc2)c(O)c2c1C[C@H]1C[C@H]3CC(=O)C(C(N)=O)=C(O)[C@@]3(O)C(=O)C1=C2O. The van der Waals surface area contributed by atoms with Crippen LogP contribution in [0.25, 0.3) is 5.76 Å². The number of amides is 2. The Bertz CT molecular complexity index is 1560. The van der Waals surface area contributed by atoms with Gasteiger partial charge in [0.1, 0.15) is 28.6 Å². The number of primary amides is 1. The third-order valence-corrected chi connectivity index (χ3v) is 7.98. The Kier molecular flexibility index (Phi) is 6.74. The van der Waals surface area contributed by atoms with Crippen molar-refractivity contribution in [3.8, 4) is 11.5 Å². The normalized spacial score (nSPS) is 23.4. The molecule has 0 radical (unpaired) electrons. The number of ether oxygens (including phenoxy) is 1. The Hall–Kier alpha value is -4.84. The van der Waals surface area contributed by atoms with Crippen LogP contribution in [-0.4, -0.2) is 63.7 Å². The summed E-state index contributed by atoms with van der Waals surface area (Å²) in [6, 6.07) is 10.0. The van der Waals surface area contributed by atoms with Gasteiger partial charge in [0, 0.05) is 49.8 Å². The van der Waals surface area contributed by atoms with E-state index in [0.29, 0.717) is 17.0 Å². The maximum Gasteiger partial charge on any atom is 0.412 e. The van der Waals surface area contributed by atoms with Crippen molar-refractivity contribution in [1.29, 1.82) is 0 Å². The van der Waals surface area contributed by atoms with Gasteiger partial charge in [0.05, 0.1) is 5.56 Å². The molecular formula is C29H29N3O9. The van der Waals surface area contributed by atoms with Crippen LogP contribution < -0.4 is 20.7 Å². The molecule has 0 heterocycles. The van der Waals surface area contributed by atoms with Gasteiger partial charge in [-0.05, 0) is 42.5 Å². The lowest BCUT2D eigenvalue weighted by Gasteiger charge is -2.46. The highest BCUT2D eigenvalue weighted by atomic mass is 16.6. The number of hydrogen-bond acceptors (Lipinski definition) is 10. The Morgan fingerprint density at radius 2 is 1.80 bits per heavy atom. The van der Waals surface area contributed by atoms with Gasteiger partial charge in [-0.3, -0.25) is 14.4 Å². The summed E-state index contributed by atoms with van der Waals surface area (Å²) in [4.78, 5) is 52.2. The second-order valence-corrected chi connectivity index (χ2v) is 10.6. The van der Waals surface area contributed by atoms with Crippen LogP contribution in [0.4, 0.5) is 10.5 Å². The van der Waals surface area contributed by atoms with Crippen LogP contribution in [-0.2, 0) is 27.3 Å². The summed E-state index contributed by atoms with van der Waals surface area (Å²) in [5, 5.41) is 47.4. The number of aliphatic hydroxyl groups is 3. The fourth-order valence-corrected chi connectivity index (χ4v) is 6.06. The minimum absolute atomic E-state index is 0.0329. The zero-order valence-corrected chi connectivity index (χ0v) is 22.3. The fraction of sp³-hybridized carbons (Fsp3) is 0.310. The van der Waals surface area contributed by atoms with E-state index in [2.05, 4.69) is 5.32 Å². The highest BCUT2D eigenvalue weighted by molar-refractivity contribution is 6.22. The molecule has 12 heteroatoms. The van der Waals surface area contributed by atoms with E-state index >= 15 is 0 Å². The van der Waals surface area contributed by atoms with Crippen molar-refractivity contribution >= 4 is 35.0 Å². The van der Waals surface area contributed by atoms with Crippen LogP contribution in [0, 0.1) is 11.8 Å². The summed E-state index contributed by atoms with van der Waals surface area (Å²) in [6.07, 6.45) is -0.973. The van der Waals surface area contributed by atoms with Gasteiger partial charge < -0.3 is 41.1 Å². The maximum absolute atomic E-state index is 13.7. The van der Waals surface area contributed by atoms with E-state index < -0.39 is 70.3 Å². The summed E-state index contributed by atoms with van der Waals surface area (Å²) in [5.41, 5.74) is 2.78. The van der Waals surface area contributed by atoms with Crippen molar-refractivity contribution in [2.45, 2.75) is 31.4 Å². The number of phenols is 1. The molecule has 0 saturated heterocycles. The van der Waals surface area contributed by atoms with Gasteiger partial charge in [-0.25, -0.2) is 4.79 Å². The number of nitrogens with zero attached hydrogens (tertiary/aromatic N) is 1. The van der Waals surface area contributed by atoms with E-state index in [4.69, 9.17) is 10.5 Å². The van der Waals surface area contributed by atoms with E-state index in [0.717, 1.165) is 0 Å². The maximum atomic E-state index is 13.7. The number of nitrogens with one attached hydrogen (secondary N) is 1. The van der Waals surface area contributed by atoms with Crippen LogP contribution in [0.1, 0.15) is 29.5 Å². The van der Waals surface area contributed by atoms with Crippen LogP contribution >= 0.6 is 0 Å². The molecule has 1 saturated carbocycles. The van der Waals surface area contributed by atoms with Gasteiger partial charge in [0.15, 0.2) is 11.4 Å². The summed E-state index contributed by atoms with van der Waals surface area (Å²) in [5.74, 6) is -6.66. The van der Waals surface area contributed by atoms with E-state index in [-0.39, 0.29) is 36.1 Å². The molecule has 12 nitrogen and oxygen atoms in total. The zero-order chi connectivity index (χ0) is 29.8. The van der Waals surface area contributed by atoms with Crippen LogP contribution in [0.3, 0.4) is 0 Å². The first-order valence-electron chi connectivity index (χ1n) is 12.9. The summed E-state index contributed by atoms with van der Waals surface area (Å²) < 4.78 is 5.22. The molecule has 0 aromatic heterocycles. The smallest absolute Gasteiger partial charge is 0.412 e. The number of para-hydroxylation sites is 1. The van der Waals surface area contributed by atoms with Crippen LogP contribution in [0.5, 0.6) is 11.5 Å². The van der Waals surface area contributed by atoms with Gasteiger partial charge in [0.25, 0.3) is 5.91 Å². The number of carbonyl (C=O) groups is 4. The lowest BCUT2D eigenvalue weighted by atomic mass is 9.59. The summed E-state index contributed by atoms with van der Waals surface area (Å²) in [7, 11) is 3.51. The standard InChI is InChI=1S/C29H29N3O9/c1-32(2)18-10-14(12-31-28(39)41-16-6-4-3-5-7-16)23(34)21-17(18)9-13-8-15-11-19(33)22(27(30)38)26(37)29(15,40)25(36)20(13)24(21)35/h3-7,10,13,15,34-35,37,40H,8-9,11-12H2,1-2H3,(H2,30,38)(H,31,39)/t13-,15+,29+/m1/s1. The molecule has 2 amide bonds. The van der Waals surface area contributed by atoms with Gasteiger partial charge in [0.2, 0.25) is 5.78 Å². The van der Waals surface area contributed by atoms with Gasteiger partial charge in [-0.1, -0.05) is 18.2 Å². The number of ketones is 2. The molecule has 0 aliphatic heterocycles. The number of anilines is 1. The second kappa shape index (κ2) is 9.97. The number of Topliss-reactive ketones (excluding diaryl/α,β-unsaturated/α-hetero) is 2. The third-order valence-electron chi connectivity index (χ3n) is 7.98. The van der Waals surface area contributed by atoms with Gasteiger partial charge in [-0.2, -0.15) is 0 Å². The largest absolute Gasteiger partial charge is 0.508 e. The predicted octanol–water partition coefficient (Wildman–Crippen LogP) is 1.78. The second-order valence-electron chi connectivity index (χ2n) is 10.6. The number of phenolic OH excluding ortho intramolecular Hbond substituents is 1. The predicted molar refractivity (Wildman–Crippen MR) is 145 cm³/mol. The van der Waals surface area contributed by atoms with Crippen molar-refractivity contribution in [3.05, 3.63) is 70.0 Å². The fourth-order valence-electron chi connectivity index (χ4n) is 6.06.